The topological polar surface area (TPSA) is 28.1 Å². The van der Waals surface area contributed by atoms with Gasteiger partial charge in [0.05, 0.1) is 17.0 Å². The summed E-state index contributed by atoms with van der Waals surface area (Å²) >= 11 is 0. The smallest absolute Gasteiger partial charge is 0.353 e. The number of H-pyrrole nitrogens is 1. The Bertz CT molecular complexity index is 1240. The van der Waals surface area contributed by atoms with Gasteiger partial charge in [-0.2, -0.15) is 13.2 Å². The van der Waals surface area contributed by atoms with Crippen LogP contribution in [0.2, 0.25) is 0 Å². The van der Waals surface area contributed by atoms with E-state index in [0.29, 0.717) is 13.0 Å². The van der Waals surface area contributed by atoms with Gasteiger partial charge in [-0.1, -0.05) is 60.7 Å². The van der Waals surface area contributed by atoms with Crippen molar-refractivity contribution < 1.29 is 13.2 Å². The number of fused-ring (bicyclic) bond motifs is 3. The van der Waals surface area contributed by atoms with E-state index in [-0.39, 0.29) is 5.92 Å². The third-order valence-electron chi connectivity index (χ3n) is 5.97. The molecule has 1 atom stereocenters. The quantitative estimate of drug-likeness (QED) is 0.380. The van der Waals surface area contributed by atoms with Crippen molar-refractivity contribution in [3.63, 3.8) is 0 Å². The zero-order valence-electron chi connectivity index (χ0n) is 16.8. The van der Waals surface area contributed by atoms with Gasteiger partial charge >= 0.3 is 6.18 Å². The Kier molecular flexibility index (Phi) is 4.89. The molecule has 0 saturated heterocycles. The number of hydrogen-bond acceptors (Lipinski definition) is 1. The molecule has 0 saturated carbocycles. The van der Waals surface area contributed by atoms with Gasteiger partial charge in [0.15, 0.2) is 0 Å². The van der Waals surface area contributed by atoms with Crippen LogP contribution in [0.3, 0.4) is 0 Å². The first-order valence-electron chi connectivity index (χ1n) is 10.4. The van der Waals surface area contributed by atoms with E-state index >= 15 is 0 Å². The average molecular weight is 418 g/mol. The highest BCUT2D eigenvalue weighted by Gasteiger charge is 2.34. The van der Waals surface area contributed by atoms with E-state index in [9.17, 15) is 13.2 Å². The normalized spacial score (nSPS) is 17.4. The van der Waals surface area contributed by atoms with Crippen LogP contribution in [0.15, 0.2) is 83.9 Å². The van der Waals surface area contributed by atoms with Crippen molar-refractivity contribution in [1.29, 1.82) is 0 Å². The lowest BCUT2D eigenvalue weighted by Gasteiger charge is -2.13. The Labute approximate surface area is 178 Å². The Morgan fingerprint density at radius 1 is 0.871 bits per heavy atom. The summed E-state index contributed by atoms with van der Waals surface area (Å²) in [6.45, 7) is 0.674. The number of para-hydroxylation sites is 1. The van der Waals surface area contributed by atoms with Gasteiger partial charge in [0.25, 0.3) is 0 Å². The highest BCUT2D eigenvalue weighted by atomic mass is 19.4. The third kappa shape index (κ3) is 3.76. The van der Waals surface area contributed by atoms with Crippen LogP contribution in [-0.2, 0) is 12.6 Å². The molecule has 156 valence electrons. The summed E-state index contributed by atoms with van der Waals surface area (Å²) in [5.41, 5.74) is 5.67. The Hall–Kier alpha value is -3.34. The predicted molar refractivity (Wildman–Crippen MR) is 118 cm³/mol. The minimum atomic E-state index is -4.33. The van der Waals surface area contributed by atoms with Gasteiger partial charge in [-0.05, 0) is 41.3 Å². The van der Waals surface area contributed by atoms with Gasteiger partial charge in [0.1, 0.15) is 0 Å². The fourth-order valence-electron chi connectivity index (χ4n) is 4.45. The highest BCUT2D eigenvalue weighted by molar-refractivity contribution is 6.10. The number of nitrogens with zero attached hydrogens (tertiary/aromatic N) is 1. The van der Waals surface area contributed by atoms with Gasteiger partial charge in [0, 0.05) is 29.8 Å². The van der Waals surface area contributed by atoms with Crippen LogP contribution in [-0.4, -0.2) is 17.2 Å². The second-order valence-electron chi connectivity index (χ2n) is 7.90. The molecule has 0 aliphatic heterocycles. The molecular formula is C26H21F3N2. The first-order valence-corrected chi connectivity index (χ1v) is 10.4. The lowest BCUT2D eigenvalue weighted by Crippen LogP contribution is -2.06. The number of hydrogen-bond donors (Lipinski definition) is 1. The number of aromatic amines is 1. The number of rotatable bonds is 4. The van der Waals surface area contributed by atoms with E-state index in [0.717, 1.165) is 39.9 Å². The van der Waals surface area contributed by atoms with Gasteiger partial charge in [-0.25, -0.2) is 0 Å². The third-order valence-corrected chi connectivity index (χ3v) is 5.97. The first kappa shape index (κ1) is 19.6. The maximum absolute atomic E-state index is 13.0. The van der Waals surface area contributed by atoms with Crippen LogP contribution in [0.5, 0.6) is 0 Å². The van der Waals surface area contributed by atoms with E-state index in [2.05, 4.69) is 23.2 Å². The SMILES string of the molecule is FC(F)(F)c1ccc(C2CC(=NCCc3ccccc3)c3[nH]c4ccccc4c32)cc1. The van der Waals surface area contributed by atoms with Crippen molar-refractivity contribution in [2.24, 2.45) is 4.99 Å². The number of halogens is 3. The Morgan fingerprint density at radius 3 is 2.32 bits per heavy atom. The minimum Gasteiger partial charge on any atom is -0.353 e. The van der Waals surface area contributed by atoms with Crippen molar-refractivity contribution in [2.45, 2.75) is 24.9 Å². The molecule has 1 aliphatic carbocycles. The fraction of sp³-hybridized carbons (Fsp3) is 0.192. The number of nitrogens with one attached hydrogen (secondary N) is 1. The molecular weight excluding hydrogens is 397 g/mol. The average Bonchev–Trinajstić information content (AvgIpc) is 3.32. The van der Waals surface area contributed by atoms with Crippen molar-refractivity contribution in [2.75, 3.05) is 6.54 Å². The lowest BCUT2D eigenvalue weighted by molar-refractivity contribution is -0.137. The van der Waals surface area contributed by atoms with Crippen LogP contribution in [0.1, 0.15) is 40.3 Å². The summed E-state index contributed by atoms with van der Waals surface area (Å²) in [5, 5.41) is 1.11. The summed E-state index contributed by atoms with van der Waals surface area (Å²) in [4.78, 5) is 8.39. The molecule has 31 heavy (non-hydrogen) atoms. The Balaban J connectivity index is 1.50. The summed E-state index contributed by atoms with van der Waals surface area (Å²) in [5.74, 6) is -0.0103. The van der Waals surface area contributed by atoms with Crippen LogP contribution < -0.4 is 0 Å². The van der Waals surface area contributed by atoms with E-state index in [1.807, 2.05) is 36.4 Å². The number of aromatic nitrogens is 1. The van der Waals surface area contributed by atoms with Gasteiger partial charge in [-0.15, -0.1) is 0 Å². The van der Waals surface area contributed by atoms with Crippen molar-refractivity contribution in [3.8, 4) is 0 Å². The molecule has 4 aromatic rings. The van der Waals surface area contributed by atoms with Crippen LogP contribution in [0.25, 0.3) is 10.9 Å². The molecule has 0 fully saturated rings. The molecule has 1 aromatic heterocycles. The van der Waals surface area contributed by atoms with Gasteiger partial charge in [-0.3, -0.25) is 4.99 Å². The summed E-state index contributed by atoms with van der Waals surface area (Å²) in [6.07, 6.45) is -2.79. The maximum atomic E-state index is 13.0. The summed E-state index contributed by atoms with van der Waals surface area (Å²) in [6, 6.07) is 23.8. The minimum absolute atomic E-state index is 0.0103. The van der Waals surface area contributed by atoms with Crippen molar-refractivity contribution >= 4 is 16.6 Å². The zero-order chi connectivity index (χ0) is 21.4. The van der Waals surface area contributed by atoms with Gasteiger partial charge in [0.2, 0.25) is 0 Å². The maximum Gasteiger partial charge on any atom is 0.416 e. The molecule has 1 unspecified atom stereocenters. The van der Waals surface area contributed by atoms with Crippen LogP contribution in [0, 0.1) is 0 Å². The zero-order valence-corrected chi connectivity index (χ0v) is 16.8. The standard InChI is InChI=1S/C26H21F3N2/c27-26(28,29)19-12-10-18(11-13-19)21-16-23(30-15-14-17-6-2-1-3-7-17)25-24(21)20-8-4-5-9-22(20)31-25/h1-13,21,31H,14-16H2. The highest BCUT2D eigenvalue weighted by Crippen LogP contribution is 2.43. The lowest BCUT2D eigenvalue weighted by atomic mass is 9.91. The van der Waals surface area contributed by atoms with E-state index in [1.54, 1.807) is 12.1 Å². The van der Waals surface area contributed by atoms with E-state index in [1.165, 1.54) is 17.7 Å². The molecule has 1 N–H and O–H groups in total. The molecule has 0 radical (unpaired) electrons. The number of alkyl halides is 3. The number of aliphatic imine (C=N–C) groups is 1. The molecule has 0 bridgehead atoms. The monoisotopic (exact) mass is 418 g/mol. The largest absolute Gasteiger partial charge is 0.416 e. The molecule has 1 aliphatic rings. The molecule has 2 nitrogen and oxygen atoms in total. The fourth-order valence-corrected chi connectivity index (χ4v) is 4.45. The van der Waals surface area contributed by atoms with Crippen molar-refractivity contribution in [3.05, 3.63) is 107 Å². The molecule has 3 aromatic carbocycles. The summed E-state index contributed by atoms with van der Waals surface area (Å²) in [7, 11) is 0. The molecule has 5 rings (SSSR count). The molecule has 1 heterocycles. The van der Waals surface area contributed by atoms with Crippen molar-refractivity contribution in [1.82, 2.24) is 4.98 Å². The number of benzene rings is 3. The molecule has 5 heteroatoms. The molecule has 0 spiro atoms. The summed E-state index contributed by atoms with van der Waals surface area (Å²) < 4.78 is 39.0. The second-order valence-corrected chi connectivity index (χ2v) is 7.90. The Morgan fingerprint density at radius 2 is 1.58 bits per heavy atom. The van der Waals surface area contributed by atoms with Gasteiger partial charge < -0.3 is 4.98 Å². The van der Waals surface area contributed by atoms with E-state index < -0.39 is 11.7 Å². The van der Waals surface area contributed by atoms with Crippen LogP contribution in [0.4, 0.5) is 13.2 Å². The second kappa shape index (κ2) is 7.73. The molecule has 0 amide bonds. The van der Waals surface area contributed by atoms with Crippen LogP contribution >= 0.6 is 0 Å². The predicted octanol–water partition coefficient (Wildman–Crippen LogP) is 6.75. The van der Waals surface area contributed by atoms with E-state index in [4.69, 9.17) is 4.99 Å². The first-order chi connectivity index (χ1) is 15.0.